The van der Waals surface area contributed by atoms with E-state index in [2.05, 4.69) is 35.5 Å². The number of benzene rings is 1. The minimum Gasteiger partial charge on any atom is -0.490 e. The van der Waals surface area contributed by atoms with Gasteiger partial charge in [-0.25, -0.2) is 19.9 Å². The predicted octanol–water partition coefficient (Wildman–Crippen LogP) is 2.54. The number of carbonyl (C=O) groups excluding carboxylic acids is 3. The highest BCUT2D eigenvalue weighted by Crippen LogP contribution is 2.34. The number of hydrogen-bond donors (Lipinski definition) is 2. The van der Waals surface area contributed by atoms with Gasteiger partial charge in [-0.1, -0.05) is 0 Å². The summed E-state index contributed by atoms with van der Waals surface area (Å²) in [5, 5.41) is 6.29. The number of morpholine rings is 1. The number of nitrogens with zero attached hydrogens (tertiary/aromatic N) is 5. The molecule has 1 saturated carbocycles. The van der Waals surface area contributed by atoms with Gasteiger partial charge in [0.1, 0.15) is 11.4 Å². The summed E-state index contributed by atoms with van der Waals surface area (Å²) in [5.74, 6) is 0.0444. The third-order valence-electron chi connectivity index (χ3n) is 6.82. The normalized spacial score (nSPS) is 19.4. The van der Waals surface area contributed by atoms with E-state index in [9.17, 15) is 14.4 Å². The van der Waals surface area contributed by atoms with Crippen molar-refractivity contribution >= 4 is 40.1 Å². The van der Waals surface area contributed by atoms with Crippen LogP contribution in [0.25, 0.3) is 10.9 Å². The number of rotatable bonds is 7. The zero-order chi connectivity index (χ0) is 27.4. The molecule has 1 aliphatic carbocycles. The fraction of sp³-hybridized carbons (Fsp3) is 0.444. The van der Waals surface area contributed by atoms with Crippen LogP contribution < -0.4 is 20.3 Å². The number of carbonyl (C=O) groups is 3. The quantitative estimate of drug-likeness (QED) is 0.432. The second kappa shape index (κ2) is 11.7. The fourth-order valence-electron chi connectivity index (χ4n) is 4.83. The maximum absolute atomic E-state index is 12.1. The average Bonchev–Trinajstić information content (AvgIpc) is 2.94. The molecule has 5 rings (SSSR count). The summed E-state index contributed by atoms with van der Waals surface area (Å²) in [4.78, 5) is 54.6. The van der Waals surface area contributed by atoms with Gasteiger partial charge in [0.05, 0.1) is 30.2 Å². The molecule has 1 aliphatic heterocycles. The van der Waals surface area contributed by atoms with Gasteiger partial charge in [-0.3, -0.25) is 19.7 Å². The number of hydrogen-bond acceptors (Lipinski definition) is 11. The number of anilines is 2. The first-order valence-corrected chi connectivity index (χ1v) is 13.1. The highest BCUT2D eigenvalue weighted by molar-refractivity contribution is 6.03. The molecule has 2 N–H and O–H groups in total. The van der Waals surface area contributed by atoms with Crippen molar-refractivity contribution in [1.82, 2.24) is 25.3 Å². The number of ether oxygens (including phenoxy) is 2. The lowest BCUT2D eigenvalue weighted by Gasteiger charge is -2.31. The number of Topliss-reactive ketones (excluding diaryl/α,β-unsaturated/α-hetero) is 1. The van der Waals surface area contributed by atoms with Crippen molar-refractivity contribution in [3.8, 4) is 5.75 Å². The number of nitrogens with one attached hydrogen (secondary N) is 2. The highest BCUT2D eigenvalue weighted by atomic mass is 16.5. The van der Waals surface area contributed by atoms with Crippen LogP contribution in [0.3, 0.4) is 0 Å². The maximum atomic E-state index is 12.1. The lowest BCUT2D eigenvalue weighted by atomic mass is 9.93. The van der Waals surface area contributed by atoms with E-state index in [-0.39, 0.29) is 29.4 Å². The second-order valence-electron chi connectivity index (χ2n) is 9.74. The van der Waals surface area contributed by atoms with Crippen LogP contribution in [0.4, 0.5) is 11.6 Å². The van der Waals surface area contributed by atoms with Gasteiger partial charge in [0.2, 0.25) is 11.9 Å². The van der Waals surface area contributed by atoms with Crippen LogP contribution in [-0.2, 0) is 9.53 Å². The Balaban J connectivity index is 1.27. The number of aromatic nitrogens is 4. The molecule has 39 heavy (non-hydrogen) atoms. The molecule has 2 aromatic heterocycles. The van der Waals surface area contributed by atoms with Gasteiger partial charge in [0.25, 0.3) is 5.91 Å². The maximum Gasteiger partial charge on any atom is 0.276 e. The molecule has 12 heteroatoms. The first-order valence-electron chi connectivity index (χ1n) is 13.1. The van der Waals surface area contributed by atoms with E-state index >= 15 is 0 Å². The van der Waals surface area contributed by atoms with E-state index in [0.29, 0.717) is 30.4 Å². The molecule has 3 aromatic rings. The second-order valence-corrected chi connectivity index (χ2v) is 9.74. The van der Waals surface area contributed by atoms with Crippen LogP contribution >= 0.6 is 0 Å². The number of imide groups is 1. The average molecular weight is 534 g/mol. The summed E-state index contributed by atoms with van der Waals surface area (Å²) in [7, 11) is 0. The summed E-state index contributed by atoms with van der Waals surface area (Å²) in [6, 6.07) is 5.59. The van der Waals surface area contributed by atoms with Gasteiger partial charge in [0, 0.05) is 57.1 Å². The van der Waals surface area contributed by atoms with Crippen LogP contribution in [0.5, 0.6) is 5.75 Å². The summed E-state index contributed by atoms with van der Waals surface area (Å²) in [5.41, 5.74) is 1.78. The Kier molecular flexibility index (Phi) is 7.92. The smallest absolute Gasteiger partial charge is 0.276 e. The van der Waals surface area contributed by atoms with E-state index in [1.165, 1.54) is 26.1 Å². The molecule has 1 aromatic carbocycles. The Labute approximate surface area is 225 Å². The van der Waals surface area contributed by atoms with Gasteiger partial charge in [-0.2, -0.15) is 0 Å². The highest BCUT2D eigenvalue weighted by Gasteiger charge is 2.25. The molecule has 2 amide bonds. The first kappa shape index (κ1) is 26.4. The van der Waals surface area contributed by atoms with E-state index in [1.54, 1.807) is 6.20 Å². The van der Waals surface area contributed by atoms with Crippen LogP contribution in [0.15, 0.2) is 30.6 Å². The number of fused-ring (bicyclic) bond motifs is 1. The van der Waals surface area contributed by atoms with Crippen molar-refractivity contribution in [2.24, 2.45) is 0 Å². The van der Waals surface area contributed by atoms with E-state index in [4.69, 9.17) is 9.47 Å². The van der Waals surface area contributed by atoms with Crippen molar-refractivity contribution < 1.29 is 23.9 Å². The molecule has 0 atom stereocenters. The zero-order valence-electron chi connectivity index (χ0n) is 22.0. The van der Waals surface area contributed by atoms with Crippen LogP contribution in [0.2, 0.25) is 0 Å². The molecular formula is C27H31N7O5. The Morgan fingerprint density at radius 3 is 2.51 bits per heavy atom. The molecule has 0 unspecified atom stereocenters. The van der Waals surface area contributed by atoms with Crippen molar-refractivity contribution in [1.29, 1.82) is 0 Å². The molecule has 0 radical (unpaired) electrons. The van der Waals surface area contributed by atoms with Crippen molar-refractivity contribution in [3.05, 3.63) is 42.1 Å². The fourth-order valence-corrected chi connectivity index (χ4v) is 4.83. The lowest BCUT2D eigenvalue weighted by Crippen LogP contribution is -2.36. The molecule has 2 fully saturated rings. The molecule has 1 saturated heterocycles. The van der Waals surface area contributed by atoms with Gasteiger partial charge < -0.3 is 19.7 Å². The Hall–Kier alpha value is -4.19. The van der Waals surface area contributed by atoms with Gasteiger partial charge in [-0.15, -0.1) is 0 Å². The third-order valence-corrected chi connectivity index (χ3v) is 6.82. The minimum absolute atomic E-state index is 0.00716. The minimum atomic E-state index is -0.559. The van der Waals surface area contributed by atoms with Gasteiger partial charge in [0.15, 0.2) is 11.6 Å². The number of ketones is 1. The molecule has 12 nitrogen and oxygen atoms in total. The van der Waals surface area contributed by atoms with E-state index < -0.39 is 11.8 Å². The van der Waals surface area contributed by atoms with Crippen molar-refractivity contribution in [3.63, 3.8) is 0 Å². The largest absolute Gasteiger partial charge is 0.490 e. The van der Waals surface area contributed by atoms with E-state index in [0.717, 1.165) is 49.8 Å². The summed E-state index contributed by atoms with van der Waals surface area (Å²) in [6.07, 6.45) is 6.40. The summed E-state index contributed by atoms with van der Waals surface area (Å²) >= 11 is 0. The van der Waals surface area contributed by atoms with Crippen molar-refractivity contribution in [2.75, 3.05) is 36.5 Å². The Morgan fingerprint density at radius 2 is 1.79 bits per heavy atom. The Morgan fingerprint density at radius 1 is 1.03 bits per heavy atom. The zero-order valence-corrected chi connectivity index (χ0v) is 22.0. The van der Waals surface area contributed by atoms with E-state index in [1.807, 2.05) is 12.1 Å². The predicted molar refractivity (Wildman–Crippen MR) is 143 cm³/mol. The molecule has 2 aliphatic rings. The summed E-state index contributed by atoms with van der Waals surface area (Å²) in [6.45, 7) is 5.58. The molecular weight excluding hydrogens is 502 g/mol. The topological polar surface area (TPSA) is 149 Å². The van der Waals surface area contributed by atoms with Crippen LogP contribution in [0.1, 0.15) is 60.6 Å². The monoisotopic (exact) mass is 533 g/mol. The molecule has 3 heterocycles. The Bertz CT molecular complexity index is 1380. The third kappa shape index (κ3) is 6.45. The van der Waals surface area contributed by atoms with Gasteiger partial charge >= 0.3 is 0 Å². The van der Waals surface area contributed by atoms with Crippen LogP contribution in [-0.4, -0.2) is 76.0 Å². The number of amides is 2. The lowest BCUT2D eigenvalue weighted by molar-refractivity contribution is -0.118. The molecule has 0 spiro atoms. The van der Waals surface area contributed by atoms with Crippen LogP contribution in [0, 0.1) is 0 Å². The van der Waals surface area contributed by atoms with Gasteiger partial charge in [-0.05, 0) is 37.8 Å². The molecule has 204 valence electrons. The standard InChI is InChI=1S/C27H31N7O5/c1-16(35)25-29-15-21-23(32-25)13-19(34-9-11-38-12-10-34)14-24(21)39-20-5-3-18(4-6-20)31-27-28-8-7-22(33-27)26(37)30-17(2)36/h7-8,13-15,18,20H,3-6,9-12H2,1-2H3,(H,28,31,33)(H,30,36,37)/t18-,20+. The summed E-state index contributed by atoms with van der Waals surface area (Å²) < 4.78 is 12.0. The SMILES string of the molecule is CC(=O)NC(=O)c1ccnc(N[C@H]2CC[C@@H](Oc3cc(N4CCOCC4)cc4nc(C(C)=O)ncc34)CC2)n1. The first-order chi connectivity index (χ1) is 18.9. The van der Waals surface area contributed by atoms with Crippen molar-refractivity contribution in [2.45, 2.75) is 51.7 Å². The molecule has 0 bridgehead atoms.